The van der Waals surface area contributed by atoms with Crippen molar-refractivity contribution < 1.29 is 12.8 Å². The number of hydrogen-bond donors (Lipinski definition) is 2. The Morgan fingerprint density at radius 3 is 2.57 bits per heavy atom. The summed E-state index contributed by atoms with van der Waals surface area (Å²) in [6.07, 6.45) is 8.28. The highest BCUT2D eigenvalue weighted by molar-refractivity contribution is 7.90. The van der Waals surface area contributed by atoms with Crippen LogP contribution in [0, 0.1) is 5.82 Å². The number of benzene rings is 1. The molecular formula is C27H21FN6O2S. The van der Waals surface area contributed by atoms with Crippen LogP contribution in [0.15, 0.2) is 73.3 Å². The van der Waals surface area contributed by atoms with Gasteiger partial charge in [0.25, 0.3) is 0 Å². The molecule has 0 saturated carbocycles. The first kappa shape index (κ1) is 23.0. The molecule has 0 aliphatic carbocycles. The summed E-state index contributed by atoms with van der Waals surface area (Å²) in [4.78, 5) is 16.6. The lowest BCUT2D eigenvalue weighted by atomic mass is 10.0. The number of pyridine rings is 3. The Balaban J connectivity index is 1.44. The first-order valence-electron chi connectivity index (χ1n) is 11.5. The van der Waals surface area contributed by atoms with Crippen LogP contribution in [-0.4, -0.2) is 50.6 Å². The fourth-order valence-electron chi connectivity index (χ4n) is 4.44. The number of sulfone groups is 1. The van der Waals surface area contributed by atoms with Gasteiger partial charge < -0.3 is 4.98 Å². The Kier molecular flexibility index (Phi) is 5.53. The van der Waals surface area contributed by atoms with Crippen LogP contribution in [0.4, 0.5) is 4.39 Å². The molecule has 0 bridgehead atoms. The topological polar surface area (TPSA) is 117 Å². The molecule has 0 aliphatic heterocycles. The normalized spacial score (nSPS) is 11.9. The summed E-state index contributed by atoms with van der Waals surface area (Å²) in [7, 11) is -3.17. The van der Waals surface area contributed by atoms with E-state index in [4.69, 9.17) is 0 Å². The van der Waals surface area contributed by atoms with Gasteiger partial charge in [-0.15, -0.1) is 0 Å². The third-order valence-electron chi connectivity index (χ3n) is 6.20. The fourth-order valence-corrected chi connectivity index (χ4v) is 5.05. The van der Waals surface area contributed by atoms with E-state index in [9.17, 15) is 12.8 Å². The van der Waals surface area contributed by atoms with Gasteiger partial charge in [-0.3, -0.25) is 20.1 Å². The van der Waals surface area contributed by atoms with Crippen LogP contribution in [0.3, 0.4) is 0 Å². The van der Waals surface area contributed by atoms with E-state index in [1.807, 2.05) is 30.3 Å². The van der Waals surface area contributed by atoms with Gasteiger partial charge in [-0.1, -0.05) is 0 Å². The molecule has 0 unspecified atom stereocenters. The molecule has 6 rings (SSSR count). The highest BCUT2D eigenvalue weighted by Crippen LogP contribution is 2.34. The van der Waals surface area contributed by atoms with E-state index in [0.717, 1.165) is 44.5 Å². The Labute approximate surface area is 211 Å². The molecule has 10 heteroatoms. The summed E-state index contributed by atoms with van der Waals surface area (Å²) in [5, 5.41) is 9.25. The van der Waals surface area contributed by atoms with Crippen molar-refractivity contribution in [1.82, 2.24) is 30.1 Å². The second-order valence-corrected chi connectivity index (χ2v) is 11.2. The van der Waals surface area contributed by atoms with Crippen LogP contribution in [0.5, 0.6) is 0 Å². The number of rotatable bonds is 6. The van der Waals surface area contributed by atoms with Gasteiger partial charge in [0.2, 0.25) is 0 Å². The number of aryl methyl sites for hydroxylation is 1. The quantitative estimate of drug-likeness (QED) is 0.326. The maximum absolute atomic E-state index is 14.5. The minimum atomic E-state index is -3.17. The van der Waals surface area contributed by atoms with Crippen LogP contribution in [0.25, 0.3) is 55.7 Å². The molecule has 0 atom stereocenters. The van der Waals surface area contributed by atoms with Gasteiger partial charge in [0.1, 0.15) is 21.3 Å². The van der Waals surface area contributed by atoms with Gasteiger partial charge in [-0.25, -0.2) is 12.8 Å². The number of fused-ring (bicyclic) bond motifs is 2. The van der Waals surface area contributed by atoms with E-state index in [2.05, 4.69) is 30.1 Å². The molecule has 6 aromatic rings. The molecule has 0 spiro atoms. The third-order valence-corrected chi connectivity index (χ3v) is 7.15. The number of H-pyrrole nitrogens is 2. The van der Waals surface area contributed by atoms with Crippen LogP contribution < -0.4 is 0 Å². The van der Waals surface area contributed by atoms with Crippen LogP contribution in [-0.2, 0) is 16.3 Å². The minimum Gasteiger partial charge on any atom is -0.353 e. The Bertz CT molecular complexity index is 1880. The second kappa shape index (κ2) is 8.90. The first-order valence-corrected chi connectivity index (χ1v) is 13.6. The molecule has 0 amide bonds. The highest BCUT2D eigenvalue weighted by atomic mass is 32.2. The van der Waals surface area contributed by atoms with E-state index in [1.165, 1.54) is 18.4 Å². The van der Waals surface area contributed by atoms with Crippen LogP contribution in [0.2, 0.25) is 0 Å². The average Bonchev–Trinajstić information content (AvgIpc) is 3.51. The molecule has 8 nitrogen and oxygen atoms in total. The predicted molar refractivity (Wildman–Crippen MR) is 141 cm³/mol. The van der Waals surface area contributed by atoms with Crippen molar-refractivity contribution in [1.29, 1.82) is 0 Å². The van der Waals surface area contributed by atoms with E-state index in [0.29, 0.717) is 16.8 Å². The molecule has 2 N–H and O–H groups in total. The molecule has 0 saturated heterocycles. The third kappa shape index (κ3) is 4.58. The van der Waals surface area contributed by atoms with Gasteiger partial charge >= 0.3 is 0 Å². The number of nitrogens with zero attached hydrogens (tertiary/aromatic N) is 4. The standard InChI is InChI=1S/C27H21FN6O2S/c1-37(35,36)8-5-16-9-18(11-19(28)10-16)26-20-13-24(32-22(20)4-7-30-26)27-21-12-23(17-3-2-6-29-14-17)31-15-25(21)33-34-27/h2-4,6-7,9-15,32H,5,8H2,1H3,(H,33,34). The number of aromatic nitrogens is 6. The summed E-state index contributed by atoms with van der Waals surface area (Å²) in [6, 6.07) is 14.1. The van der Waals surface area contributed by atoms with Crippen molar-refractivity contribution in [2.75, 3.05) is 12.0 Å². The lowest BCUT2D eigenvalue weighted by Gasteiger charge is -2.07. The van der Waals surface area contributed by atoms with E-state index >= 15 is 0 Å². The number of nitrogens with one attached hydrogen (secondary N) is 2. The zero-order valence-electron chi connectivity index (χ0n) is 19.7. The monoisotopic (exact) mass is 512 g/mol. The van der Waals surface area contributed by atoms with Gasteiger partial charge in [-0.05, 0) is 60.5 Å². The van der Waals surface area contributed by atoms with Crippen molar-refractivity contribution >= 4 is 31.6 Å². The maximum atomic E-state index is 14.5. The average molecular weight is 513 g/mol. The van der Waals surface area contributed by atoms with Crippen molar-refractivity contribution in [3.05, 3.63) is 84.7 Å². The summed E-state index contributed by atoms with van der Waals surface area (Å²) < 4.78 is 37.7. The number of aromatic amines is 2. The molecule has 0 fully saturated rings. The second-order valence-electron chi connectivity index (χ2n) is 8.96. The zero-order valence-corrected chi connectivity index (χ0v) is 20.6. The SMILES string of the molecule is CS(=O)(=O)CCc1cc(F)cc(-c2nccc3[nH]c(-c4n[nH]c5cnc(-c6cccnc6)cc45)cc23)c1. The van der Waals surface area contributed by atoms with Crippen molar-refractivity contribution in [2.45, 2.75) is 6.42 Å². The smallest absolute Gasteiger partial charge is 0.147 e. The molecule has 5 aromatic heterocycles. The first-order chi connectivity index (χ1) is 17.8. The van der Waals surface area contributed by atoms with Crippen LogP contribution >= 0.6 is 0 Å². The van der Waals surface area contributed by atoms with E-state index < -0.39 is 15.7 Å². The minimum absolute atomic E-state index is 0.0516. The van der Waals surface area contributed by atoms with Gasteiger partial charge in [-0.2, -0.15) is 5.10 Å². The van der Waals surface area contributed by atoms with Crippen molar-refractivity contribution in [3.63, 3.8) is 0 Å². The molecule has 0 aliphatic rings. The highest BCUT2D eigenvalue weighted by Gasteiger charge is 2.16. The maximum Gasteiger partial charge on any atom is 0.147 e. The fraction of sp³-hybridized carbons (Fsp3) is 0.111. The summed E-state index contributed by atoms with van der Waals surface area (Å²) >= 11 is 0. The van der Waals surface area contributed by atoms with Crippen molar-refractivity contribution in [3.8, 4) is 33.9 Å². The van der Waals surface area contributed by atoms with E-state index in [1.54, 1.807) is 30.9 Å². The Morgan fingerprint density at radius 2 is 1.76 bits per heavy atom. The summed E-state index contributed by atoms with van der Waals surface area (Å²) in [5.41, 5.74) is 6.56. The molecule has 1 aromatic carbocycles. The van der Waals surface area contributed by atoms with Crippen molar-refractivity contribution in [2.24, 2.45) is 0 Å². The number of hydrogen-bond acceptors (Lipinski definition) is 6. The predicted octanol–water partition coefficient (Wildman–Crippen LogP) is 4.96. The molecule has 0 radical (unpaired) electrons. The number of halogens is 1. The summed E-state index contributed by atoms with van der Waals surface area (Å²) in [6.45, 7) is 0. The lowest BCUT2D eigenvalue weighted by Crippen LogP contribution is -2.06. The van der Waals surface area contributed by atoms with Gasteiger partial charge in [0, 0.05) is 52.3 Å². The molecule has 37 heavy (non-hydrogen) atoms. The lowest BCUT2D eigenvalue weighted by molar-refractivity contribution is 0.600. The largest absolute Gasteiger partial charge is 0.353 e. The zero-order chi connectivity index (χ0) is 25.6. The van der Waals surface area contributed by atoms with E-state index in [-0.39, 0.29) is 12.2 Å². The Morgan fingerprint density at radius 1 is 0.892 bits per heavy atom. The van der Waals surface area contributed by atoms with Crippen LogP contribution in [0.1, 0.15) is 5.56 Å². The summed E-state index contributed by atoms with van der Waals surface area (Å²) in [5.74, 6) is -0.492. The Hall–Kier alpha value is -4.44. The molecular weight excluding hydrogens is 491 g/mol. The van der Waals surface area contributed by atoms with Gasteiger partial charge in [0.05, 0.1) is 34.5 Å². The molecule has 184 valence electrons. The molecule has 5 heterocycles. The van der Waals surface area contributed by atoms with Gasteiger partial charge in [0.15, 0.2) is 0 Å².